The third-order valence-corrected chi connectivity index (χ3v) is 7.21. The Balaban J connectivity index is 1.66. The number of benzene rings is 1. The molecular weight excluding hydrogens is 428 g/mol. The number of aliphatic hydroxyl groups is 2. The normalized spacial score (nSPS) is 22.8. The summed E-state index contributed by atoms with van der Waals surface area (Å²) in [7, 11) is 0. The molecule has 1 aliphatic heterocycles. The molecule has 0 aliphatic carbocycles. The summed E-state index contributed by atoms with van der Waals surface area (Å²) in [6.45, 7) is 0.349. The molecule has 0 saturated carbocycles. The van der Waals surface area contributed by atoms with Gasteiger partial charge in [-0.25, -0.2) is 0 Å². The van der Waals surface area contributed by atoms with Crippen molar-refractivity contribution in [1.29, 1.82) is 0 Å². The summed E-state index contributed by atoms with van der Waals surface area (Å²) in [5, 5.41) is 23.7. The van der Waals surface area contributed by atoms with E-state index in [0.29, 0.717) is 28.8 Å². The fourth-order valence-electron chi connectivity index (χ4n) is 2.86. The van der Waals surface area contributed by atoms with E-state index < -0.39 is 12.2 Å². The van der Waals surface area contributed by atoms with Gasteiger partial charge in [-0.05, 0) is 0 Å². The summed E-state index contributed by atoms with van der Waals surface area (Å²) in [5.74, 6) is 0.124. The van der Waals surface area contributed by atoms with Crippen LogP contribution in [0.4, 0.5) is 10.2 Å². The van der Waals surface area contributed by atoms with E-state index in [0.717, 1.165) is 5.56 Å². The van der Waals surface area contributed by atoms with Gasteiger partial charge in [0.25, 0.3) is 0 Å². The van der Waals surface area contributed by atoms with Crippen molar-refractivity contribution in [3.05, 3.63) is 47.3 Å². The molecular formula is C16H15ClFN5O2Se. The molecule has 0 spiro atoms. The molecule has 3 heterocycles. The van der Waals surface area contributed by atoms with Gasteiger partial charge >= 0.3 is 159 Å². The topological polar surface area (TPSA) is 96.1 Å². The Morgan fingerprint density at radius 3 is 2.92 bits per heavy atom. The molecule has 0 radical (unpaired) electrons. The Labute approximate surface area is 159 Å². The third kappa shape index (κ3) is 3.28. The number of imidazole rings is 1. The first-order valence-electron chi connectivity index (χ1n) is 7.89. The third-order valence-electron chi connectivity index (χ3n) is 4.14. The van der Waals surface area contributed by atoms with Crippen LogP contribution >= 0.6 is 11.6 Å². The summed E-state index contributed by atoms with van der Waals surface area (Å²) in [4.78, 5) is 12.5. The van der Waals surface area contributed by atoms with Crippen LogP contribution in [0.5, 0.6) is 0 Å². The second-order valence-electron chi connectivity index (χ2n) is 5.93. The Bertz CT molecular complexity index is 956. The van der Waals surface area contributed by atoms with Gasteiger partial charge < -0.3 is 0 Å². The van der Waals surface area contributed by atoms with E-state index in [4.69, 9.17) is 11.6 Å². The molecule has 3 aromatic rings. The van der Waals surface area contributed by atoms with Gasteiger partial charge in [-0.3, -0.25) is 0 Å². The molecule has 136 valence electrons. The fraction of sp³-hybridized carbons (Fsp3) is 0.312. The van der Waals surface area contributed by atoms with Crippen LogP contribution in [0.15, 0.2) is 30.6 Å². The molecule has 1 fully saturated rings. The van der Waals surface area contributed by atoms with Crippen molar-refractivity contribution in [2.45, 2.75) is 29.0 Å². The van der Waals surface area contributed by atoms with Gasteiger partial charge in [-0.15, -0.1) is 0 Å². The van der Waals surface area contributed by atoms with Gasteiger partial charge in [0.05, 0.1) is 0 Å². The van der Waals surface area contributed by atoms with Crippen molar-refractivity contribution < 1.29 is 14.6 Å². The zero-order valence-electron chi connectivity index (χ0n) is 13.4. The summed E-state index contributed by atoms with van der Waals surface area (Å²) in [6.07, 6.45) is -0.0124. The Morgan fingerprint density at radius 2 is 2.19 bits per heavy atom. The predicted octanol–water partition coefficient (Wildman–Crippen LogP) is 1.59. The van der Waals surface area contributed by atoms with E-state index in [-0.39, 0.29) is 31.0 Å². The molecule has 0 unspecified atom stereocenters. The molecule has 3 atom stereocenters. The summed E-state index contributed by atoms with van der Waals surface area (Å²) in [6, 6.07) is 6.25. The monoisotopic (exact) mass is 443 g/mol. The number of hydrogen-bond donors (Lipinski definition) is 3. The van der Waals surface area contributed by atoms with Crippen molar-refractivity contribution >= 4 is 43.5 Å². The molecule has 4 rings (SSSR count). The molecule has 3 N–H and O–H groups in total. The Hall–Kier alpha value is -1.77. The van der Waals surface area contributed by atoms with Crippen molar-refractivity contribution in [3.63, 3.8) is 0 Å². The number of fused-ring (bicyclic) bond motifs is 1. The van der Waals surface area contributed by atoms with Crippen LogP contribution < -0.4 is 5.32 Å². The Kier molecular flexibility index (Phi) is 4.81. The molecule has 1 saturated heterocycles. The number of hydrogen-bond acceptors (Lipinski definition) is 6. The zero-order valence-corrected chi connectivity index (χ0v) is 15.8. The van der Waals surface area contributed by atoms with Gasteiger partial charge in [0.15, 0.2) is 0 Å². The summed E-state index contributed by atoms with van der Waals surface area (Å²) < 4.78 is 15.1. The number of halogens is 2. The molecule has 7 nitrogen and oxygen atoms in total. The predicted molar refractivity (Wildman–Crippen MR) is 95.7 cm³/mol. The van der Waals surface area contributed by atoms with Crippen LogP contribution in [0.3, 0.4) is 0 Å². The number of nitrogens with zero attached hydrogens (tertiary/aromatic N) is 4. The molecule has 26 heavy (non-hydrogen) atoms. The maximum atomic E-state index is 13.3. The second-order valence-corrected chi connectivity index (χ2v) is 8.68. The van der Waals surface area contributed by atoms with E-state index in [1.54, 1.807) is 23.0 Å². The van der Waals surface area contributed by atoms with Crippen molar-refractivity contribution in [3.8, 4) is 0 Å². The first kappa shape index (κ1) is 17.6. The van der Waals surface area contributed by atoms with E-state index in [1.807, 2.05) is 0 Å². The zero-order chi connectivity index (χ0) is 18.3. The number of rotatable bonds is 4. The quantitative estimate of drug-likeness (QED) is 0.419. The SMILES string of the molecule is O[C@@H]1[C@H](O)C[Se][C@H]1n1cnc2c(NCc3cccc(F)c3)nc(Cl)nc21. The van der Waals surface area contributed by atoms with Crippen molar-refractivity contribution in [2.75, 3.05) is 5.32 Å². The minimum absolute atomic E-state index is 0.0129. The molecule has 2 aromatic heterocycles. The summed E-state index contributed by atoms with van der Waals surface area (Å²) >= 11 is 6.07. The van der Waals surface area contributed by atoms with Gasteiger partial charge in [-0.1, -0.05) is 0 Å². The first-order valence-corrected chi connectivity index (χ1v) is 10.5. The number of aromatic nitrogens is 4. The number of nitrogens with one attached hydrogen (secondary N) is 1. The van der Waals surface area contributed by atoms with E-state index >= 15 is 0 Å². The van der Waals surface area contributed by atoms with Gasteiger partial charge in [-0.2, -0.15) is 0 Å². The average molecular weight is 443 g/mol. The van der Waals surface area contributed by atoms with Gasteiger partial charge in [0.2, 0.25) is 0 Å². The average Bonchev–Trinajstić information content (AvgIpc) is 3.17. The van der Waals surface area contributed by atoms with Crippen LogP contribution in [0.1, 0.15) is 10.5 Å². The van der Waals surface area contributed by atoms with Crippen LogP contribution in [0.2, 0.25) is 10.6 Å². The molecule has 10 heteroatoms. The van der Waals surface area contributed by atoms with Crippen LogP contribution in [-0.4, -0.2) is 56.9 Å². The molecule has 0 bridgehead atoms. The van der Waals surface area contributed by atoms with Crippen LogP contribution in [0.25, 0.3) is 11.2 Å². The minimum atomic E-state index is -0.857. The van der Waals surface area contributed by atoms with E-state index in [1.165, 1.54) is 12.1 Å². The number of anilines is 1. The first-order chi connectivity index (χ1) is 12.5. The summed E-state index contributed by atoms with van der Waals surface area (Å²) in [5.41, 5.74) is 1.76. The maximum absolute atomic E-state index is 13.3. The van der Waals surface area contributed by atoms with Crippen LogP contribution in [0, 0.1) is 5.82 Å². The van der Waals surface area contributed by atoms with Crippen LogP contribution in [-0.2, 0) is 6.54 Å². The fourth-order valence-corrected chi connectivity index (χ4v) is 5.72. The molecule has 1 aliphatic rings. The Morgan fingerprint density at radius 1 is 1.35 bits per heavy atom. The van der Waals surface area contributed by atoms with E-state index in [9.17, 15) is 14.6 Å². The number of aliphatic hydroxyl groups excluding tert-OH is 2. The molecule has 1 aromatic carbocycles. The van der Waals surface area contributed by atoms with E-state index in [2.05, 4.69) is 20.3 Å². The van der Waals surface area contributed by atoms with Gasteiger partial charge in [0, 0.05) is 0 Å². The van der Waals surface area contributed by atoms with Crippen molar-refractivity contribution in [1.82, 2.24) is 19.5 Å². The van der Waals surface area contributed by atoms with Gasteiger partial charge in [0.1, 0.15) is 0 Å². The standard InChI is InChI=1S/C16H15ClFN5O2Se/c17-16-21-13(19-5-8-2-1-3-9(18)4-8)11-14(22-16)23(7-20-11)15-12(25)10(24)6-26-15/h1-4,7,10,12,15,24-25H,5-6H2,(H,19,21,22)/t10-,12-,15-/m1/s1. The second kappa shape index (κ2) is 7.09. The van der Waals surface area contributed by atoms with Crippen molar-refractivity contribution in [2.24, 2.45) is 0 Å². The molecule has 0 amide bonds.